The molecular formula is C21H22N4O2. The molecule has 0 bridgehead atoms. The zero-order chi connectivity index (χ0) is 18.5. The Morgan fingerprint density at radius 3 is 2.89 bits per heavy atom. The number of likely N-dealkylation sites (tertiary alicyclic amines) is 1. The second-order valence-corrected chi connectivity index (χ2v) is 6.71. The number of nitrogens with zero attached hydrogens (tertiary/aromatic N) is 3. The number of hydrogen-bond donors (Lipinski definition) is 1. The Bertz CT molecular complexity index is 879. The highest BCUT2D eigenvalue weighted by Gasteiger charge is 2.27. The van der Waals surface area contributed by atoms with E-state index in [1.165, 1.54) is 0 Å². The standard InChI is InChI=1S/C21H22N4O2/c26-21(19-13-23-24-20(19)17-7-2-1-3-8-17)25-11-5-9-18(14-25)27-15-16-6-4-10-22-12-16/h1-4,6-8,10,12-13,18H,5,9,11,14-15H2,(H,23,24). The van der Waals surface area contributed by atoms with Gasteiger partial charge in [-0.15, -0.1) is 0 Å². The molecule has 0 saturated carbocycles. The lowest BCUT2D eigenvalue weighted by atomic mass is 10.0. The van der Waals surface area contributed by atoms with E-state index in [1.54, 1.807) is 12.4 Å². The minimum atomic E-state index is -0.00252. The fourth-order valence-corrected chi connectivity index (χ4v) is 3.40. The maximum atomic E-state index is 13.1. The third kappa shape index (κ3) is 4.06. The highest BCUT2D eigenvalue weighted by Crippen LogP contribution is 2.24. The van der Waals surface area contributed by atoms with Crippen LogP contribution in [-0.4, -0.2) is 45.2 Å². The number of piperidine rings is 1. The van der Waals surface area contributed by atoms with Gasteiger partial charge in [-0.05, 0) is 24.5 Å². The van der Waals surface area contributed by atoms with Crippen molar-refractivity contribution in [3.8, 4) is 11.3 Å². The van der Waals surface area contributed by atoms with Crippen LogP contribution in [0.2, 0.25) is 0 Å². The maximum Gasteiger partial charge on any atom is 0.257 e. The largest absolute Gasteiger partial charge is 0.372 e. The van der Waals surface area contributed by atoms with Crippen LogP contribution in [0.4, 0.5) is 0 Å². The highest BCUT2D eigenvalue weighted by atomic mass is 16.5. The van der Waals surface area contributed by atoms with E-state index in [0.717, 1.165) is 36.2 Å². The van der Waals surface area contributed by atoms with E-state index in [4.69, 9.17) is 4.74 Å². The molecule has 1 fully saturated rings. The van der Waals surface area contributed by atoms with Crippen LogP contribution < -0.4 is 0 Å². The Labute approximate surface area is 158 Å². The lowest BCUT2D eigenvalue weighted by Gasteiger charge is -2.32. The third-order valence-corrected chi connectivity index (χ3v) is 4.81. The van der Waals surface area contributed by atoms with E-state index in [0.29, 0.717) is 18.7 Å². The van der Waals surface area contributed by atoms with Crippen LogP contribution in [-0.2, 0) is 11.3 Å². The van der Waals surface area contributed by atoms with Crippen molar-refractivity contribution in [1.82, 2.24) is 20.1 Å². The molecular weight excluding hydrogens is 340 g/mol. The van der Waals surface area contributed by atoms with Gasteiger partial charge < -0.3 is 9.64 Å². The topological polar surface area (TPSA) is 71.1 Å². The smallest absolute Gasteiger partial charge is 0.257 e. The van der Waals surface area contributed by atoms with Gasteiger partial charge in [-0.1, -0.05) is 36.4 Å². The summed E-state index contributed by atoms with van der Waals surface area (Å²) in [6.07, 6.45) is 7.10. The van der Waals surface area contributed by atoms with E-state index in [1.807, 2.05) is 53.6 Å². The van der Waals surface area contributed by atoms with E-state index in [-0.39, 0.29) is 12.0 Å². The molecule has 0 radical (unpaired) electrons. The Kier molecular flexibility index (Phi) is 5.25. The summed E-state index contributed by atoms with van der Waals surface area (Å²) in [5.74, 6) is -0.00252. The Hall–Kier alpha value is -2.99. The molecule has 1 atom stereocenters. The van der Waals surface area contributed by atoms with Gasteiger partial charge in [-0.3, -0.25) is 14.9 Å². The van der Waals surface area contributed by atoms with Crippen LogP contribution in [0.1, 0.15) is 28.8 Å². The molecule has 2 aromatic heterocycles. The molecule has 1 aliphatic heterocycles. The van der Waals surface area contributed by atoms with Crippen molar-refractivity contribution >= 4 is 5.91 Å². The molecule has 1 amide bonds. The van der Waals surface area contributed by atoms with Crippen molar-refractivity contribution in [2.24, 2.45) is 0 Å². The molecule has 138 valence electrons. The van der Waals surface area contributed by atoms with Gasteiger partial charge in [-0.2, -0.15) is 5.10 Å². The molecule has 4 rings (SSSR count). The van der Waals surface area contributed by atoms with Gasteiger partial charge in [0, 0.05) is 31.0 Å². The lowest BCUT2D eigenvalue weighted by Crippen LogP contribution is -2.43. The average molecular weight is 362 g/mol. The summed E-state index contributed by atoms with van der Waals surface area (Å²) < 4.78 is 6.02. The van der Waals surface area contributed by atoms with Crippen LogP contribution in [0.3, 0.4) is 0 Å². The number of aromatic amines is 1. The zero-order valence-corrected chi connectivity index (χ0v) is 15.0. The summed E-state index contributed by atoms with van der Waals surface area (Å²) in [6.45, 7) is 1.85. The van der Waals surface area contributed by atoms with Gasteiger partial charge in [0.25, 0.3) is 5.91 Å². The minimum absolute atomic E-state index is 0.00252. The van der Waals surface area contributed by atoms with Crippen molar-refractivity contribution in [2.75, 3.05) is 13.1 Å². The van der Waals surface area contributed by atoms with Crippen molar-refractivity contribution in [3.63, 3.8) is 0 Å². The maximum absolute atomic E-state index is 13.1. The lowest BCUT2D eigenvalue weighted by molar-refractivity contribution is -0.00679. The minimum Gasteiger partial charge on any atom is -0.372 e. The SMILES string of the molecule is O=C(c1cn[nH]c1-c1ccccc1)N1CCCC(OCc2cccnc2)C1. The number of amides is 1. The normalized spacial score (nSPS) is 17.0. The van der Waals surface area contributed by atoms with Crippen LogP contribution in [0, 0.1) is 0 Å². The van der Waals surface area contributed by atoms with Crippen molar-refractivity contribution in [3.05, 3.63) is 72.2 Å². The molecule has 6 heteroatoms. The summed E-state index contributed by atoms with van der Waals surface area (Å²) in [6, 6.07) is 13.7. The molecule has 6 nitrogen and oxygen atoms in total. The molecule has 3 aromatic rings. The molecule has 1 unspecified atom stereocenters. The van der Waals surface area contributed by atoms with Gasteiger partial charge >= 0.3 is 0 Å². The van der Waals surface area contributed by atoms with E-state index < -0.39 is 0 Å². The van der Waals surface area contributed by atoms with Crippen molar-refractivity contribution < 1.29 is 9.53 Å². The predicted octanol–water partition coefficient (Wildman–Crippen LogP) is 3.29. The molecule has 3 heterocycles. The molecule has 27 heavy (non-hydrogen) atoms. The van der Waals surface area contributed by atoms with Gasteiger partial charge in [0.05, 0.1) is 30.2 Å². The molecule has 1 N–H and O–H groups in total. The summed E-state index contributed by atoms with van der Waals surface area (Å²) in [5, 5.41) is 7.06. The predicted molar refractivity (Wildman–Crippen MR) is 102 cm³/mol. The molecule has 1 aromatic carbocycles. The first-order valence-corrected chi connectivity index (χ1v) is 9.20. The number of carbonyl (C=O) groups is 1. The molecule has 1 aliphatic rings. The molecule has 0 aliphatic carbocycles. The second-order valence-electron chi connectivity index (χ2n) is 6.71. The Balaban J connectivity index is 1.43. The van der Waals surface area contributed by atoms with Gasteiger partial charge in [0.2, 0.25) is 0 Å². The number of rotatable bonds is 5. The van der Waals surface area contributed by atoms with Crippen LogP contribution in [0.5, 0.6) is 0 Å². The number of carbonyl (C=O) groups excluding carboxylic acids is 1. The van der Waals surface area contributed by atoms with Gasteiger partial charge in [-0.25, -0.2) is 0 Å². The number of aromatic nitrogens is 3. The third-order valence-electron chi connectivity index (χ3n) is 4.81. The van der Waals surface area contributed by atoms with Crippen LogP contribution in [0.15, 0.2) is 61.1 Å². The number of benzene rings is 1. The summed E-state index contributed by atoms with van der Waals surface area (Å²) in [5.41, 5.74) is 3.37. The first-order valence-electron chi connectivity index (χ1n) is 9.20. The summed E-state index contributed by atoms with van der Waals surface area (Å²) in [7, 11) is 0. The fraction of sp³-hybridized carbons (Fsp3) is 0.286. The van der Waals surface area contributed by atoms with E-state index in [9.17, 15) is 4.79 Å². The van der Waals surface area contributed by atoms with E-state index in [2.05, 4.69) is 15.2 Å². The number of H-pyrrole nitrogens is 1. The second kappa shape index (κ2) is 8.14. The van der Waals surface area contributed by atoms with Gasteiger partial charge in [0.1, 0.15) is 0 Å². The van der Waals surface area contributed by atoms with Crippen molar-refractivity contribution in [1.29, 1.82) is 0 Å². The van der Waals surface area contributed by atoms with Crippen LogP contribution in [0.25, 0.3) is 11.3 Å². The molecule has 0 spiro atoms. The van der Waals surface area contributed by atoms with E-state index >= 15 is 0 Å². The van der Waals surface area contributed by atoms with Crippen molar-refractivity contribution in [2.45, 2.75) is 25.6 Å². The van der Waals surface area contributed by atoms with Gasteiger partial charge in [0.15, 0.2) is 0 Å². The zero-order valence-electron chi connectivity index (χ0n) is 15.0. The summed E-state index contributed by atoms with van der Waals surface area (Å²) in [4.78, 5) is 19.1. The van der Waals surface area contributed by atoms with Crippen LogP contribution >= 0.6 is 0 Å². The number of ether oxygens (including phenoxy) is 1. The Morgan fingerprint density at radius 2 is 2.07 bits per heavy atom. The number of hydrogen-bond acceptors (Lipinski definition) is 4. The first kappa shape index (κ1) is 17.4. The molecule has 1 saturated heterocycles. The summed E-state index contributed by atoms with van der Waals surface area (Å²) >= 11 is 0. The fourth-order valence-electron chi connectivity index (χ4n) is 3.40. The monoisotopic (exact) mass is 362 g/mol. The quantitative estimate of drug-likeness (QED) is 0.756. The Morgan fingerprint density at radius 1 is 1.19 bits per heavy atom. The highest BCUT2D eigenvalue weighted by molar-refractivity contribution is 5.99. The average Bonchev–Trinajstić information content (AvgIpc) is 3.23. The number of pyridine rings is 1. The first-order chi connectivity index (χ1) is 13.3. The number of nitrogens with one attached hydrogen (secondary N) is 1.